The summed E-state index contributed by atoms with van der Waals surface area (Å²) in [5.74, 6) is 1.31. The van der Waals surface area contributed by atoms with Gasteiger partial charge in [0.1, 0.15) is 11.5 Å². The SMILES string of the molecule is C=C1NCc2c1cccc2N(C)CCCNC(=O)c1ccc(-c2cc3cccc(-c4nc(C5CCOCC5)n5c4CN(C(C)=O)CC5)c3cn2)cn1. The number of benzene rings is 2. The van der Waals surface area contributed by atoms with Crippen LogP contribution in [0.4, 0.5) is 5.69 Å². The van der Waals surface area contributed by atoms with E-state index in [0.717, 1.165) is 103 Å². The molecule has 0 bridgehead atoms. The van der Waals surface area contributed by atoms with Gasteiger partial charge in [0.05, 0.1) is 23.6 Å². The zero-order chi connectivity index (χ0) is 35.8. The van der Waals surface area contributed by atoms with Crippen LogP contribution in [0, 0.1) is 0 Å². The molecule has 8 rings (SSSR count). The normalized spacial score (nSPS) is 15.7. The average Bonchev–Trinajstić information content (AvgIpc) is 3.76. The number of aromatic nitrogens is 4. The van der Waals surface area contributed by atoms with Gasteiger partial charge in [0.15, 0.2) is 0 Å². The van der Waals surface area contributed by atoms with Gasteiger partial charge in [0.25, 0.3) is 5.91 Å². The minimum absolute atomic E-state index is 0.0759. The number of imidazole rings is 1. The number of hydrogen-bond donors (Lipinski definition) is 2. The highest BCUT2D eigenvalue weighted by Crippen LogP contribution is 2.38. The Labute approximate surface area is 303 Å². The zero-order valence-corrected chi connectivity index (χ0v) is 29.8. The van der Waals surface area contributed by atoms with Crippen LogP contribution in [0.2, 0.25) is 0 Å². The second-order valence-corrected chi connectivity index (χ2v) is 13.9. The van der Waals surface area contributed by atoms with Crippen molar-refractivity contribution in [3.8, 4) is 22.5 Å². The van der Waals surface area contributed by atoms with E-state index in [4.69, 9.17) is 14.7 Å². The van der Waals surface area contributed by atoms with E-state index in [-0.39, 0.29) is 11.8 Å². The van der Waals surface area contributed by atoms with Gasteiger partial charge < -0.3 is 29.7 Å². The number of ether oxygens (including phenoxy) is 1. The van der Waals surface area contributed by atoms with Crippen molar-refractivity contribution in [1.29, 1.82) is 0 Å². The van der Waals surface area contributed by atoms with Crippen molar-refractivity contribution in [3.05, 3.63) is 102 Å². The number of amides is 2. The molecule has 3 aliphatic heterocycles. The largest absolute Gasteiger partial charge is 0.381 e. The second kappa shape index (κ2) is 14.2. The van der Waals surface area contributed by atoms with E-state index in [9.17, 15) is 9.59 Å². The van der Waals surface area contributed by atoms with Crippen LogP contribution in [0.1, 0.15) is 65.2 Å². The van der Waals surface area contributed by atoms with Gasteiger partial charge in [-0.15, -0.1) is 0 Å². The van der Waals surface area contributed by atoms with E-state index in [1.165, 1.54) is 16.8 Å². The van der Waals surface area contributed by atoms with Crippen LogP contribution in [0.15, 0.2) is 73.6 Å². The molecule has 0 saturated carbocycles. The maximum Gasteiger partial charge on any atom is 0.269 e. The third-order valence-corrected chi connectivity index (χ3v) is 10.7. The molecule has 2 N–H and O–H groups in total. The van der Waals surface area contributed by atoms with Crippen LogP contribution in [0.3, 0.4) is 0 Å². The summed E-state index contributed by atoms with van der Waals surface area (Å²) in [6, 6.07) is 18.2. The lowest BCUT2D eigenvalue weighted by Crippen LogP contribution is -2.37. The number of carbonyl (C=O) groups excluding carboxylic acids is 2. The first-order chi connectivity index (χ1) is 25.4. The monoisotopic (exact) mass is 696 g/mol. The molecule has 0 unspecified atom stereocenters. The number of fused-ring (bicyclic) bond motifs is 3. The van der Waals surface area contributed by atoms with Gasteiger partial charge in [-0.1, -0.05) is 36.9 Å². The van der Waals surface area contributed by atoms with Crippen molar-refractivity contribution in [3.63, 3.8) is 0 Å². The Morgan fingerprint density at radius 3 is 2.67 bits per heavy atom. The van der Waals surface area contributed by atoms with Gasteiger partial charge in [-0.05, 0) is 48.9 Å². The van der Waals surface area contributed by atoms with Crippen LogP contribution in [0.5, 0.6) is 0 Å². The Morgan fingerprint density at radius 1 is 1.04 bits per heavy atom. The molecule has 52 heavy (non-hydrogen) atoms. The quantitative estimate of drug-likeness (QED) is 0.187. The van der Waals surface area contributed by atoms with Crippen LogP contribution in [-0.2, 0) is 29.2 Å². The molecule has 1 saturated heterocycles. The van der Waals surface area contributed by atoms with E-state index in [1.54, 1.807) is 19.2 Å². The molecule has 0 atom stereocenters. The molecular weight excluding hydrogens is 653 g/mol. The van der Waals surface area contributed by atoms with Crippen LogP contribution < -0.4 is 15.5 Å². The fourth-order valence-corrected chi connectivity index (χ4v) is 7.78. The van der Waals surface area contributed by atoms with Gasteiger partial charge in [-0.2, -0.15) is 0 Å². The number of nitrogens with zero attached hydrogens (tertiary/aromatic N) is 6. The summed E-state index contributed by atoms with van der Waals surface area (Å²) in [6.45, 7) is 11.3. The number of hydrogen-bond acceptors (Lipinski definition) is 8. The number of rotatable bonds is 9. The molecule has 0 radical (unpaired) electrons. The van der Waals surface area contributed by atoms with Gasteiger partial charge in [0.2, 0.25) is 5.91 Å². The summed E-state index contributed by atoms with van der Waals surface area (Å²) >= 11 is 0. The van der Waals surface area contributed by atoms with E-state index < -0.39 is 0 Å². The molecule has 3 aromatic heterocycles. The Hall–Kier alpha value is -5.55. The summed E-state index contributed by atoms with van der Waals surface area (Å²) in [6.07, 6.45) is 6.31. The Balaban J connectivity index is 0.958. The number of nitrogens with one attached hydrogen (secondary N) is 2. The van der Waals surface area contributed by atoms with Crippen LogP contribution in [-0.4, -0.2) is 76.1 Å². The maximum atomic E-state index is 12.9. The average molecular weight is 697 g/mol. The molecule has 0 aliphatic carbocycles. The topological polar surface area (TPSA) is 118 Å². The molecular formula is C41H44N8O3. The summed E-state index contributed by atoms with van der Waals surface area (Å²) in [7, 11) is 2.08. The highest BCUT2D eigenvalue weighted by molar-refractivity contribution is 5.97. The first-order valence-corrected chi connectivity index (χ1v) is 18.2. The summed E-state index contributed by atoms with van der Waals surface area (Å²) in [5, 5.41) is 8.38. The van der Waals surface area contributed by atoms with Crippen molar-refractivity contribution < 1.29 is 14.3 Å². The lowest BCUT2D eigenvalue weighted by molar-refractivity contribution is -0.130. The highest BCUT2D eigenvalue weighted by atomic mass is 16.5. The van der Waals surface area contributed by atoms with Crippen LogP contribution >= 0.6 is 0 Å². The number of anilines is 1. The molecule has 266 valence electrons. The summed E-state index contributed by atoms with van der Waals surface area (Å²) in [5.41, 5.74) is 9.57. The zero-order valence-electron chi connectivity index (χ0n) is 29.8. The Bertz CT molecular complexity index is 2170. The van der Waals surface area contributed by atoms with Crippen LogP contribution in [0.25, 0.3) is 39.0 Å². The third kappa shape index (κ3) is 6.41. The van der Waals surface area contributed by atoms with E-state index in [1.807, 2.05) is 17.2 Å². The second-order valence-electron chi connectivity index (χ2n) is 13.9. The minimum Gasteiger partial charge on any atom is -0.381 e. The number of pyridine rings is 2. The lowest BCUT2D eigenvalue weighted by Gasteiger charge is -2.30. The molecule has 6 heterocycles. The Morgan fingerprint density at radius 2 is 1.87 bits per heavy atom. The van der Waals surface area contributed by atoms with Crippen molar-refractivity contribution in [1.82, 2.24) is 35.1 Å². The molecule has 2 aromatic carbocycles. The van der Waals surface area contributed by atoms with E-state index >= 15 is 0 Å². The molecule has 11 nitrogen and oxygen atoms in total. The number of carbonyl (C=O) groups is 2. The molecule has 2 amide bonds. The maximum absolute atomic E-state index is 12.9. The van der Waals surface area contributed by atoms with Crippen molar-refractivity contribution in [2.45, 2.75) is 51.7 Å². The standard InChI is InChI=1S/C41H44N8O3/c1-26-31-8-5-10-37(34(31)24-43-26)47(3)16-6-15-42-41(51)35-12-11-30(22-44-35)36-21-29-7-4-9-32(33(29)23-45-36)39-38-25-48(27(2)50)17-18-49(38)40(46-39)28-13-19-52-20-14-28/h4-5,7-12,21-23,28,43H,1,6,13-20,24-25H2,2-3H3,(H,42,51). The fourth-order valence-electron chi connectivity index (χ4n) is 7.78. The van der Waals surface area contributed by atoms with Crippen molar-refractivity contribution in [2.24, 2.45) is 0 Å². The Kier molecular flexibility index (Phi) is 9.19. The fraction of sp³-hybridized carbons (Fsp3) is 0.341. The van der Waals surface area contributed by atoms with Gasteiger partial charge >= 0.3 is 0 Å². The van der Waals surface area contributed by atoms with Gasteiger partial charge in [0, 0.05) is 117 Å². The highest BCUT2D eigenvalue weighted by Gasteiger charge is 2.31. The summed E-state index contributed by atoms with van der Waals surface area (Å²) in [4.78, 5) is 44.1. The summed E-state index contributed by atoms with van der Waals surface area (Å²) < 4.78 is 8.00. The molecule has 1 fully saturated rings. The van der Waals surface area contributed by atoms with Gasteiger partial charge in [-0.3, -0.25) is 19.6 Å². The lowest BCUT2D eigenvalue weighted by atomic mass is 9.99. The first kappa shape index (κ1) is 33.6. The van der Waals surface area contributed by atoms with Crippen molar-refractivity contribution in [2.75, 3.05) is 44.8 Å². The predicted molar refractivity (Wildman–Crippen MR) is 203 cm³/mol. The molecule has 11 heteroatoms. The predicted octanol–water partition coefficient (Wildman–Crippen LogP) is 5.75. The molecule has 0 spiro atoms. The smallest absolute Gasteiger partial charge is 0.269 e. The molecule has 3 aliphatic rings. The van der Waals surface area contributed by atoms with Gasteiger partial charge in [-0.25, -0.2) is 4.98 Å². The molecule has 5 aromatic rings. The third-order valence-electron chi connectivity index (χ3n) is 10.7. The van der Waals surface area contributed by atoms with E-state index in [2.05, 4.69) is 81.2 Å². The first-order valence-electron chi connectivity index (χ1n) is 18.2. The van der Waals surface area contributed by atoms with E-state index in [0.29, 0.717) is 31.2 Å². The van der Waals surface area contributed by atoms with Crippen molar-refractivity contribution >= 4 is 34.0 Å². The minimum atomic E-state index is -0.196.